The van der Waals surface area contributed by atoms with Crippen molar-refractivity contribution in [3.8, 4) is 11.1 Å². The third-order valence-electron chi connectivity index (χ3n) is 6.16. The summed E-state index contributed by atoms with van der Waals surface area (Å²) in [6.07, 6.45) is 5.12. The second-order valence-electron chi connectivity index (χ2n) is 7.72. The molecular formula is C22H24FN3. The summed E-state index contributed by atoms with van der Waals surface area (Å²) >= 11 is 0. The van der Waals surface area contributed by atoms with E-state index in [-0.39, 0.29) is 5.82 Å². The Morgan fingerprint density at radius 2 is 1.81 bits per heavy atom. The van der Waals surface area contributed by atoms with E-state index in [4.69, 9.17) is 4.98 Å². The van der Waals surface area contributed by atoms with Gasteiger partial charge in [0.25, 0.3) is 0 Å². The lowest BCUT2D eigenvalue weighted by Gasteiger charge is -2.36. The number of nitrogens with zero attached hydrogens (tertiary/aromatic N) is 3. The molecule has 134 valence electrons. The minimum Gasteiger partial charge on any atom is -0.327 e. The fourth-order valence-electron chi connectivity index (χ4n) is 4.27. The summed E-state index contributed by atoms with van der Waals surface area (Å²) in [5.74, 6) is 1.04. The van der Waals surface area contributed by atoms with E-state index < -0.39 is 0 Å². The number of fused-ring (bicyclic) bond motifs is 3. The van der Waals surface area contributed by atoms with Gasteiger partial charge < -0.3 is 4.57 Å². The summed E-state index contributed by atoms with van der Waals surface area (Å²) in [6.45, 7) is 5.04. The molecule has 1 aliphatic carbocycles. The van der Waals surface area contributed by atoms with E-state index >= 15 is 0 Å². The van der Waals surface area contributed by atoms with Gasteiger partial charge >= 0.3 is 0 Å². The van der Waals surface area contributed by atoms with Crippen LogP contribution in [0.15, 0.2) is 36.4 Å². The summed E-state index contributed by atoms with van der Waals surface area (Å²) in [4.78, 5) is 7.57. The van der Waals surface area contributed by atoms with E-state index in [0.717, 1.165) is 48.7 Å². The second-order valence-corrected chi connectivity index (χ2v) is 7.72. The van der Waals surface area contributed by atoms with Crippen molar-refractivity contribution in [1.29, 1.82) is 0 Å². The number of halogens is 1. The van der Waals surface area contributed by atoms with E-state index in [0.29, 0.717) is 5.56 Å². The maximum atomic E-state index is 13.9. The predicted molar refractivity (Wildman–Crippen MR) is 103 cm³/mol. The molecule has 1 saturated carbocycles. The van der Waals surface area contributed by atoms with Crippen LogP contribution < -0.4 is 0 Å². The lowest BCUT2D eigenvalue weighted by Crippen LogP contribution is -2.41. The summed E-state index contributed by atoms with van der Waals surface area (Å²) in [6, 6.07) is 12.6. The summed E-state index contributed by atoms with van der Waals surface area (Å²) < 4.78 is 16.3. The maximum absolute atomic E-state index is 13.9. The topological polar surface area (TPSA) is 21.1 Å². The van der Waals surface area contributed by atoms with Crippen LogP contribution in [-0.4, -0.2) is 33.6 Å². The lowest BCUT2D eigenvalue weighted by molar-refractivity contribution is 0.130. The van der Waals surface area contributed by atoms with Gasteiger partial charge in [-0.15, -0.1) is 0 Å². The quantitative estimate of drug-likeness (QED) is 0.676. The number of hydrogen-bond acceptors (Lipinski definition) is 2. The fourth-order valence-corrected chi connectivity index (χ4v) is 4.27. The molecule has 0 spiro atoms. The monoisotopic (exact) mass is 349 g/mol. The van der Waals surface area contributed by atoms with Crippen LogP contribution in [0.4, 0.5) is 4.39 Å². The van der Waals surface area contributed by atoms with Crippen molar-refractivity contribution in [1.82, 2.24) is 14.5 Å². The first-order valence-corrected chi connectivity index (χ1v) is 9.69. The molecule has 0 amide bonds. The highest BCUT2D eigenvalue weighted by atomic mass is 19.1. The van der Waals surface area contributed by atoms with Gasteiger partial charge in [-0.1, -0.05) is 24.6 Å². The minimum atomic E-state index is -0.153. The van der Waals surface area contributed by atoms with Gasteiger partial charge in [-0.2, -0.15) is 0 Å². The van der Waals surface area contributed by atoms with E-state index in [9.17, 15) is 4.39 Å². The first-order chi connectivity index (χ1) is 12.7. The highest BCUT2D eigenvalue weighted by Crippen LogP contribution is 2.29. The Morgan fingerprint density at radius 1 is 1.00 bits per heavy atom. The van der Waals surface area contributed by atoms with Crippen molar-refractivity contribution in [2.24, 2.45) is 0 Å². The lowest BCUT2D eigenvalue weighted by atomic mass is 9.91. The van der Waals surface area contributed by atoms with Crippen LogP contribution in [-0.2, 0) is 13.0 Å². The molecule has 0 saturated heterocycles. The SMILES string of the molecule is Cc1ccc(-c2ccc3c(c2)nc2n3CCN(C3CCC3)CC2)cc1F. The van der Waals surface area contributed by atoms with Gasteiger partial charge in [-0.3, -0.25) is 4.90 Å². The Morgan fingerprint density at radius 3 is 2.58 bits per heavy atom. The first-order valence-electron chi connectivity index (χ1n) is 9.69. The predicted octanol–water partition coefficient (Wildman–Crippen LogP) is 4.56. The normalized spacial score (nSPS) is 18.5. The van der Waals surface area contributed by atoms with Crippen molar-refractivity contribution < 1.29 is 4.39 Å². The highest BCUT2D eigenvalue weighted by Gasteiger charge is 2.27. The van der Waals surface area contributed by atoms with E-state index in [1.54, 1.807) is 13.0 Å². The molecule has 2 aliphatic rings. The van der Waals surface area contributed by atoms with Crippen molar-refractivity contribution >= 4 is 11.0 Å². The molecule has 1 aromatic heterocycles. The van der Waals surface area contributed by atoms with Crippen molar-refractivity contribution in [2.45, 2.75) is 45.2 Å². The van der Waals surface area contributed by atoms with Gasteiger partial charge in [0.1, 0.15) is 11.6 Å². The third-order valence-corrected chi connectivity index (χ3v) is 6.16. The Balaban J connectivity index is 1.47. The number of rotatable bonds is 2. The molecule has 26 heavy (non-hydrogen) atoms. The largest absolute Gasteiger partial charge is 0.327 e. The van der Waals surface area contributed by atoms with Crippen LogP contribution in [0.3, 0.4) is 0 Å². The molecule has 4 heteroatoms. The smallest absolute Gasteiger partial charge is 0.126 e. The Hall–Kier alpha value is -2.20. The first kappa shape index (κ1) is 16.0. The average Bonchev–Trinajstić information content (AvgIpc) is 2.82. The third kappa shape index (κ3) is 2.64. The van der Waals surface area contributed by atoms with Crippen LogP contribution >= 0.6 is 0 Å². The Labute approximate surface area is 153 Å². The molecule has 0 bridgehead atoms. The van der Waals surface area contributed by atoms with E-state index in [1.165, 1.54) is 30.6 Å². The molecule has 0 atom stereocenters. The zero-order valence-electron chi connectivity index (χ0n) is 15.2. The Bertz CT molecular complexity index is 971. The standard InChI is InChI=1S/C22H24FN3/c1-15-5-6-16(13-19(15)23)17-7-8-21-20(14-17)24-22-9-10-25(11-12-26(21)22)18-3-2-4-18/h5-8,13-14,18H,2-4,9-12H2,1H3. The van der Waals surface area contributed by atoms with Gasteiger partial charge in [0.05, 0.1) is 11.0 Å². The van der Waals surface area contributed by atoms with Crippen LogP contribution in [0.5, 0.6) is 0 Å². The number of aryl methyl sites for hydroxylation is 1. The van der Waals surface area contributed by atoms with Gasteiger partial charge in [-0.25, -0.2) is 9.37 Å². The molecule has 0 unspecified atom stereocenters. The average molecular weight is 349 g/mol. The van der Waals surface area contributed by atoms with E-state index in [1.807, 2.05) is 12.1 Å². The molecule has 0 radical (unpaired) electrons. The maximum Gasteiger partial charge on any atom is 0.126 e. The summed E-state index contributed by atoms with van der Waals surface area (Å²) in [5.41, 5.74) is 4.84. The van der Waals surface area contributed by atoms with Crippen LogP contribution in [0.2, 0.25) is 0 Å². The molecule has 0 N–H and O–H groups in total. The zero-order chi connectivity index (χ0) is 17.7. The highest BCUT2D eigenvalue weighted by molar-refractivity contribution is 5.82. The van der Waals surface area contributed by atoms with Crippen molar-refractivity contribution in [3.05, 3.63) is 53.6 Å². The molecule has 2 heterocycles. The van der Waals surface area contributed by atoms with Crippen LogP contribution in [0, 0.1) is 12.7 Å². The van der Waals surface area contributed by atoms with Crippen LogP contribution in [0.1, 0.15) is 30.7 Å². The zero-order valence-corrected chi connectivity index (χ0v) is 15.2. The molecular weight excluding hydrogens is 325 g/mol. The Kier molecular flexibility index (Phi) is 3.82. The van der Waals surface area contributed by atoms with E-state index in [2.05, 4.69) is 27.7 Å². The van der Waals surface area contributed by atoms with Gasteiger partial charge in [0.2, 0.25) is 0 Å². The van der Waals surface area contributed by atoms with Crippen molar-refractivity contribution in [3.63, 3.8) is 0 Å². The number of imidazole rings is 1. The molecule has 3 nitrogen and oxygen atoms in total. The van der Waals surface area contributed by atoms with Crippen LogP contribution in [0.25, 0.3) is 22.2 Å². The molecule has 5 rings (SSSR count). The van der Waals surface area contributed by atoms with Gasteiger partial charge in [0.15, 0.2) is 0 Å². The van der Waals surface area contributed by atoms with Crippen molar-refractivity contribution in [2.75, 3.05) is 13.1 Å². The fraction of sp³-hybridized carbons (Fsp3) is 0.409. The minimum absolute atomic E-state index is 0.153. The summed E-state index contributed by atoms with van der Waals surface area (Å²) in [7, 11) is 0. The van der Waals surface area contributed by atoms with Gasteiger partial charge in [0, 0.05) is 32.1 Å². The number of aromatic nitrogens is 2. The summed E-state index contributed by atoms with van der Waals surface area (Å²) in [5, 5.41) is 0. The second kappa shape index (κ2) is 6.20. The number of benzene rings is 2. The molecule has 1 aliphatic heterocycles. The molecule has 2 aromatic carbocycles. The van der Waals surface area contributed by atoms with Gasteiger partial charge in [-0.05, 0) is 54.7 Å². The molecule has 1 fully saturated rings. The number of hydrogen-bond donors (Lipinski definition) is 0. The molecule has 3 aromatic rings.